The number of rotatable bonds is 4. The minimum absolute atomic E-state index is 0.563. The molecular weight excluding hydrogens is 230 g/mol. The van der Waals surface area contributed by atoms with Gasteiger partial charge in [-0.1, -0.05) is 36.0 Å². The Balaban J connectivity index is 2.24. The Kier molecular flexibility index (Phi) is 4.07. The summed E-state index contributed by atoms with van der Waals surface area (Å²) in [5.74, 6) is 0.875. The Morgan fingerprint density at radius 2 is 1.94 bits per heavy atom. The van der Waals surface area contributed by atoms with Crippen LogP contribution < -0.4 is 10.5 Å². The van der Waals surface area contributed by atoms with E-state index < -0.39 is 0 Å². The molecule has 88 valence electrons. The highest BCUT2D eigenvalue weighted by Crippen LogP contribution is 2.31. The second-order valence-electron chi connectivity index (χ2n) is 3.59. The third kappa shape index (κ3) is 3.02. The van der Waals surface area contributed by atoms with Gasteiger partial charge in [-0.2, -0.15) is 0 Å². The van der Waals surface area contributed by atoms with Gasteiger partial charge in [0.2, 0.25) is 0 Å². The van der Waals surface area contributed by atoms with Gasteiger partial charge < -0.3 is 10.5 Å². The van der Waals surface area contributed by atoms with Crippen molar-refractivity contribution >= 4 is 11.8 Å². The molecule has 2 nitrogen and oxygen atoms in total. The van der Waals surface area contributed by atoms with Gasteiger partial charge >= 0.3 is 0 Å². The fourth-order valence-electron chi connectivity index (χ4n) is 1.56. The Morgan fingerprint density at radius 3 is 2.71 bits per heavy atom. The van der Waals surface area contributed by atoms with Crippen LogP contribution in [-0.4, -0.2) is 7.11 Å². The molecule has 2 N–H and O–H groups in total. The van der Waals surface area contributed by atoms with Gasteiger partial charge in [0.25, 0.3) is 0 Å². The summed E-state index contributed by atoms with van der Waals surface area (Å²) >= 11 is 1.71. The largest absolute Gasteiger partial charge is 0.497 e. The van der Waals surface area contributed by atoms with Gasteiger partial charge in [-0.3, -0.25) is 0 Å². The van der Waals surface area contributed by atoms with E-state index in [4.69, 9.17) is 10.5 Å². The molecule has 0 aliphatic carbocycles. The first kappa shape index (κ1) is 12.0. The molecule has 0 aliphatic rings. The van der Waals surface area contributed by atoms with E-state index >= 15 is 0 Å². The van der Waals surface area contributed by atoms with Crippen molar-refractivity contribution in [3.8, 4) is 5.75 Å². The molecule has 0 atom stereocenters. The highest BCUT2D eigenvalue weighted by molar-refractivity contribution is 7.99. The summed E-state index contributed by atoms with van der Waals surface area (Å²) in [6, 6.07) is 16.2. The average Bonchev–Trinajstić information content (AvgIpc) is 2.39. The van der Waals surface area contributed by atoms with E-state index in [2.05, 4.69) is 18.2 Å². The maximum Gasteiger partial charge on any atom is 0.119 e. The summed E-state index contributed by atoms with van der Waals surface area (Å²) in [7, 11) is 1.68. The molecule has 0 bridgehead atoms. The molecule has 0 spiro atoms. The molecule has 0 saturated heterocycles. The molecule has 2 rings (SSSR count). The third-order valence-corrected chi connectivity index (χ3v) is 3.57. The summed E-state index contributed by atoms with van der Waals surface area (Å²) in [4.78, 5) is 2.36. The van der Waals surface area contributed by atoms with Crippen molar-refractivity contribution in [1.29, 1.82) is 0 Å². The molecule has 0 aliphatic heterocycles. The van der Waals surface area contributed by atoms with E-state index in [-0.39, 0.29) is 0 Å². The van der Waals surface area contributed by atoms with Crippen molar-refractivity contribution in [1.82, 2.24) is 0 Å². The molecule has 0 amide bonds. The van der Waals surface area contributed by atoms with Crippen LogP contribution in [0.25, 0.3) is 0 Å². The van der Waals surface area contributed by atoms with E-state index in [1.807, 2.05) is 30.3 Å². The molecular formula is C14H15NOS. The van der Waals surface area contributed by atoms with Crippen LogP contribution in [0.1, 0.15) is 5.56 Å². The third-order valence-electron chi connectivity index (χ3n) is 2.46. The maximum atomic E-state index is 5.72. The minimum Gasteiger partial charge on any atom is -0.497 e. The SMILES string of the molecule is COc1cccc(Sc2ccccc2CN)c1. The van der Waals surface area contributed by atoms with E-state index in [0.717, 1.165) is 10.6 Å². The molecule has 0 radical (unpaired) electrons. The molecule has 2 aromatic rings. The highest BCUT2D eigenvalue weighted by atomic mass is 32.2. The predicted octanol–water partition coefficient (Wildman–Crippen LogP) is 3.31. The number of benzene rings is 2. The smallest absolute Gasteiger partial charge is 0.119 e. The summed E-state index contributed by atoms with van der Waals surface area (Å²) in [6.07, 6.45) is 0. The van der Waals surface area contributed by atoms with Crippen LogP contribution in [0, 0.1) is 0 Å². The van der Waals surface area contributed by atoms with Crippen molar-refractivity contribution in [2.75, 3.05) is 7.11 Å². The van der Waals surface area contributed by atoms with Gasteiger partial charge in [0.05, 0.1) is 7.11 Å². The second-order valence-corrected chi connectivity index (χ2v) is 4.71. The second kappa shape index (κ2) is 5.75. The zero-order chi connectivity index (χ0) is 12.1. The number of hydrogen-bond acceptors (Lipinski definition) is 3. The quantitative estimate of drug-likeness (QED) is 0.897. The topological polar surface area (TPSA) is 35.2 Å². The van der Waals surface area contributed by atoms with Crippen molar-refractivity contribution in [2.24, 2.45) is 5.73 Å². The van der Waals surface area contributed by atoms with Crippen LogP contribution in [0.4, 0.5) is 0 Å². The minimum atomic E-state index is 0.563. The first-order chi connectivity index (χ1) is 8.33. The number of methoxy groups -OCH3 is 1. The average molecular weight is 245 g/mol. The van der Waals surface area contributed by atoms with Crippen LogP contribution in [0.2, 0.25) is 0 Å². The number of ether oxygens (including phenoxy) is 1. The van der Waals surface area contributed by atoms with Gasteiger partial charge in [0, 0.05) is 16.3 Å². The number of hydrogen-bond donors (Lipinski definition) is 1. The Bertz CT molecular complexity index is 499. The first-order valence-corrected chi connectivity index (χ1v) is 6.25. The molecule has 3 heteroatoms. The van der Waals surface area contributed by atoms with Crippen LogP contribution in [0.5, 0.6) is 5.75 Å². The summed E-state index contributed by atoms with van der Waals surface area (Å²) < 4.78 is 5.21. The van der Waals surface area contributed by atoms with Gasteiger partial charge in [-0.15, -0.1) is 0 Å². The van der Waals surface area contributed by atoms with E-state index in [9.17, 15) is 0 Å². The van der Waals surface area contributed by atoms with Crippen LogP contribution >= 0.6 is 11.8 Å². The standard InChI is InChI=1S/C14H15NOS/c1-16-12-6-4-7-13(9-12)17-14-8-3-2-5-11(14)10-15/h2-9H,10,15H2,1H3. The Morgan fingerprint density at radius 1 is 1.12 bits per heavy atom. The zero-order valence-corrected chi connectivity index (χ0v) is 10.5. The molecule has 0 saturated carbocycles. The van der Waals surface area contributed by atoms with E-state index in [1.165, 1.54) is 10.5 Å². The van der Waals surface area contributed by atoms with Crippen molar-refractivity contribution in [2.45, 2.75) is 16.3 Å². The van der Waals surface area contributed by atoms with E-state index in [1.54, 1.807) is 18.9 Å². The Labute approximate surface area is 106 Å². The fraction of sp³-hybridized carbons (Fsp3) is 0.143. The molecule has 0 aromatic heterocycles. The van der Waals surface area contributed by atoms with Crippen molar-refractivity contribution in [3.63, 3.8) is 0 Å². The van der Waals surface area contributed by atoms with Gasteiger partial charge in [0.1, 0.15) is 5.75 Å². The molecule has 0 fully saturated rings. The van der Waals surface area contributed by atoms with E-state index in [0.29, 0.717) is 6.54 Å². The first-order valence-electron chi connectivity index (χ1n) is 5.43. The summed E-state index contributed by atoms with van der Waals surface area (Å²) in [6.45, 7) is 0.563. The molecule has 0 unspecified atom stereocenters. The maximum absolute atomic E-state index is 5.72. The van der Waals surface area contributed by atoms with Crippen molar-refractivity contribution < 1.29 is 4.74 Å². The monoisotopic (exact) mass is 245 g/mol. The lowest BCUT2D eigenvalue weighted by Gasteiger charge is -2.08. The lowest BCUT2D eigenvalue weighted by molar-refractivity contribution is 0.413. The van der Waals surface area contributed by atoms with Crippen molar-refractivity contribution in [3.05, 3.63) is 54.1 Å². The van der Waals surface area contributed by atoms with Crippen LogP contribution in [-0.2, 0) is 6.54 Å². The van der Waals surface area contributed by atoms with Crippen LogP contribution in [0.3, 0.4) is 0 Å². The molecule has 2 aromatic carbocycles. The van der Waals surface area contributed by atoms with Gasteiger partial charge in [-0.05, 0) is 29.8 Å². The van der Waals surface area contributed by atoms with Gasteiger partial charge in [-0.25, -0.2) is 0 Å². The summed E-state index contributed by atoms with van der Waals surface area (Å²) in [5.41, 5.74) is 6.89. The summed E-state index contributed by atoms with van der Waals surface area (Å²) in [5, 5.41) is 0. The van der Waals surface area contributed by atoms with Crippen LogP contribution in [0.15, 0.2) is 58.3 Å². The highest BCUT2D eigenvalue weighted by Gasteiger charge is 2.03. The lowest BCUT2D eigenvalue weighted by Crippen LogP contribution is -1.97. The molecule has 17 heavy (non-hydrogen) atoms. The fourth-order valence-corrected chi connectivity index (χ4v) is 2.57. The molecule has 0 heterocycles. The zero-order valence-electron chi connectivity index (χ0n) is 9.72. The normalized spacial score (nSPS) is 10.2. The predicted molar refractivity (Wildman–Crippen MR) is 71.5 cm³/mol. The Hall–Kier alpha value is -1.45. The number of nitrogens with two attached hydrogens (primary N) is 1. The van der Waals surface area contributed by atoms with Gasteiger partial charge in [0.15, 0.2) is 0 Å². The lowest BCUT2D eigenvalue weighted by atomic mass is 10.2.